The van der Waals surface area contributed by atoms with Crippen LogP contribution in [0.1, 0.15) is 27.2 Å². The molecule has 0 saturated carbocycles. The minimum atomic E-state index is -1.03. The number of Topliss-reactive ketones (excluding diaryl/α,β-unsaturated/α-hetero) is 1. The molecule has 0 atom stereocenters. The number of quaternary nitrogens is 1. The first-order valence-corrected chi connectivity index (χ1v) is 5.08. The molecular formula is C10H20NO3+. The zero-order valence-corrected chi connectivity index (χ0v) is 9.25. The average molecular weight is 202 g/mol. The van der Waals surface area contributed by atoms with Crippen molar-refractivity contribution in [1.29, 1.82) is 0 Å². The van der Waals surface area contributed by atoms with Crippen molar-refractivity contribution in [2.24, 2.45) is 0 Å². The van der Waals surface area contributed by atoms with Crippen molar-refractivity contribution in [1.82, 2.24) is 0 Å². The summed E-state index contributed by atoms with van der Waals surface area (Å²) >= 11 is 0. The van der Waals surface area contributed by atoms with Crippen LogP contribution in [0.15, 0.2) is 0 Å². The SMILES string of the molecule is CC[N+](CC)(CC)CC(=O)CC(=O)O. The lowest BCUT2D eigenvalue weighted by molar-refractivity contribution is -0.915. The number of rotatable bonds is 7. The molecular weight excluding hydrogens is 182 g/mol. The van der Waals surface area contributed by atoms with E-state index < -0.39 is 5.97 Å². The second kappa shape index (κ2) is 5.75. The Hall–Kier alpha value is -0.900. The molecule has 0 aliphatic rings. The summed E-state index contributed by atoms with van der Waals surface area (Å²) < 4.78 is 0.687. The van der Waals surface area contributed by atoms with Crippen molar-refractivity contribution < 1.29 is 19.2 Å². The van der Waals surface area contributed by atoms with Crippen LogP contribution in [0.3, 0.4) is 0 Å². The second-order valence-corrected chi connectivity index (χ2v) is 3.56. The molecule has 0 aromatic carbocycles. The van der Waals surface area contributed by atoms with E-state index in [0.717, 1.165) is 19.6 Å². The maximum Gasteiger partial charge on any atom is 0.311 e. The number of carboxylic acids is 1. The Morgan fingerprint density at radius 2 is 1.50 bits per heavy atom. The van der Waals surface area contributed by atoms with Crippen molar-refractivity contribution in [2.45, 2.75) is 27.2 Å². The van der Waals surface area contributed by atoms with E-state index in [2.05, 4.69) is 0 Å². The van der Waals surface area contributed by atoms with Gasteiger partial charge in [0.2, 0.25) is 0 Å². The van der Waals surface area contributed by atoms with E-state index in [0.29, 0.717) is 11.0 Å². The summed E-state index contributed by atoms with van der Waals surface area (Å²) in [5.74, 6) is -1.21. The molecule has 0 spiro atoms. The topological polar surface area (TPSA) is 54.4 Å². The fourth-order valence-electron chi connectivity index (χ4n) is 1.60. The van der Waals surface area contributed by atoms with Crippen molar-refractivity contribution in [3.8, 4) is 0 Å². The first-order chi connectivity index (χ1) is 6.49. The predicted octanol–water partition coefficient (Wildman–Crippen LogP) is 0.907. The van der Waals surface area contributed by atoms with Crippen molar-refractivity contribution >= 4 is 11.8 Å². The Balaban J connectivity index is 4.29. The third kappa shape index (κ3) is 3.87. The van der Waals surface area contributed by atoms with Crippen LogP contribution < -0.4 is 0 Å². The monoisotopic (exact) mass is 202 g/mol. The molecule has 0 rings (SSSR count). The Labute approximate surface area is 85.1 Å². The number of carbonyl (C=O) groups is 2. The molecule has 0 aliphatic heterocycles. The first kappa shape index (κ1) is 13.1. The van der Waals surface area contributed by atoms with Gasteiger partial charge in [-0.25, -0.2) is 0 Å². The number of carbonyl (C=O) groups excluding carboxylic acids is 1. The minimum Gasteiger partial charge on any atom is -0.481 e. The van der Waals surface area contributed by atoms with Gasteiger partial charge in [0.15, 0.2) is 5.78 Å². The summed E-state index contributed by atoms with van der Waals surface area (Å²) in [5, 5.41) is 8.47. The van der Waals surface area contributed by atoms with Gasteiger partial charge in [0.05, 0.1) is 19.6 Å². The fraction of sp³-hybridized carbons (Fsp3) is 0.800. The molecule has 0 heterocycles. The van der Waals surface area contributed by atoms with Gasteiger partial charge >= 0.3 is 5.97 Å². The van der Waals surface area contributed by atoms with E-state index in [9.17, 15) is 9.59 Å². The fourth-order valence-corrected chi connectivity index (χ4v) is 1.60. The van der Waals surface area contributed by atoms with Crippen LogP contribution in [0, 0.1) is 0 Å². The zero-order valence-electron chi connectivity index (χ0n) is 9.25. The molecule has 82 valence electrons. The molecule has 0 aliphatic carbocycles. The molecule has 0 aromatic heterocycles. The summed E-state index contributed by atoms with van der Waals surface area (Å²) in [4.78, 5) is 21.7. The summed E-state index contributed by atoms with van der Waals surface area (Å²) in [7, 11) is 0. The van der Waals surface area contributed by atoms with E-state index in [1.807, 2.05) is 20.8 Å². The highest BCUT2D eigenvalue weighted by Gasteiger charge is 2.25. The number of nitrogens with zero attached hydrogens (tertiary/aromatic N) is 1. The van der Waals surface area contributed by atoms with Crippen LogP contribution >= 0.6 is 0 Å². The molecule has 4 heteroatoms. The molecule has 0 bridgehead atoms. The van der Waals surface area contributed by atoms with Crippen LogP contribution in [0.5, 0.6) is 0 Å². The normalized spacial score (nSPS) is 11.4. The van der Waals surface area contributed by atoms with Gasteiger partial charge < -0.3 is 9.59 Å². The quantitative estimate of drug-likeness (QED) is 0.493. The molecule has 0 radical (unpaired) electrons. The van der Waals surface area contributed by atoms with Gasteiger partial charge in [-0.15, -0.1) is 0 Å². The number of carboxylic acid groups (broad SMARTS) is 1. The summed E-state index contributed by atoms with van der Waals surface area (Å²) in [5.41, 5.74) is 0. The Morgan fingerprint density at radius 1 is 1.07 bits per heavy atom. The van der Waals surface area contributed by atoms with Crippen LogP contribution in [0.2, 0.25) is 0 Å². The lowest BCUT2D eigenvalue weighted by atomic mass is 10.2. The molecule has 4 nitrogen and oxygen atoms in total. The second-order valence-electron chi connectivity index (χ2n) is 3.56. The maximum atomic E-state index is 11.3. The van der Waals surface area contributed by atoms with E-state index >= 15 is 0 Å². The number of hydrogen-bond donors (Lipinski definition) is 1. The number of hydrogen-bond acceptors (Lipinski definition) is 2. The molecule has 14 heavy (non-hydrogen) atoms. The van der Waals surface area contributed by atoms with Gasteiger partial charge in [-0.2, -0.15) is 0 Å². The minimum absolute atomic E-state index is 0.178. The van der Waals surface area contributed by atoms with Gasteiger partial charge in [0.1, 0.15) is 13.0 Å². The molecule has 0 aromatic rings. The van der Waals surface area contributed by atoms with E-state index in [1.165, 1.54) is 0 Å². The summed E-state index contributed by atoms with van der Waals surface area (Å²) in [6.07, 6.45) is -0.347. The van der Waals surface area contributed by atoms with Gasteiger partial charge in [-0.3, -0.25) is 9.59 Å². The third-order valence-corrected chi connectivity index (χ3v) is 2.87. The van der Waals surface area contributed by atoms with Crippen LogP contribution in [-0.2, 0) is 9.59 Å². The highest BCUT2D eigenvalue weighted by atomic mass is 16.4. The number of likely N-dealkylation sites (N-methyl/N-ethyl adjacent to an activating group) is 1. The molecule has 1 N–H and O–H groups in total. The van der Waals surface area contributed by atoms with Crippen LogP contribution in [0.25, 0.3) is 0 Å². The Kier molecular flexibility index (Phi) is 5.38. The van der Waals surface area contributed by atoms with Crippen LogP contribution in [0.4, 0.5) is 0 Å². The van der Waals surface area contributed by atoms with Crippen molar-refractivity contribution in [3.63, 3.8) is 0 Å². The standard InChI is InChI=1S/C10H19NO3/c1-4-11(5-2,6-3)8-9(12)7-10(13)14/h4-8H2,1-3H3/p+1. The van der Waals surface area contributed by atoms with E-state index in [-0.39, 0.29) is 12.2 Å². The maximum absolute atomic E-state index is 11.3. The summed E-state index contributed by atoms with van der Waals surface area (Å²) in [6.45, 7) is 9.05. The Morgan fingerprint density at radius 3 is 1.79 bits per heavy atom. The summed E-state index contributed by atoms with van der Waals surface area (Å²) in [6, 6.07) is 0. The predicted molar refractivity (Wildman–Crippen MR) is 54.0 cm³/mol. The van der Waals surface area contributed by atoms with E-state index in [1.54, 1.807) is 0 Å². The lowest BCUT2D eigenvalue weighted by Gasteiger charge is -2.34. The van der Waals surface area contributed by atoms with Crippen LogP contribution in [-0.4, -0.2) is 47.5 Å². The molecule has 0 unspecified atom stereocenters. The average Bonchev–Trinajstić information content (AvgIpc) is 2.13. The number of aliphatic carboxylic acids is 1. The largest absolute Gasteiger partial charge is 0.481 e. The highest BCUT2D eigenvalue weighted by Crippen LogP contribution is 2.06. The van der Waals surface area contributed by atoms with Crippen molar-refractivity contribution in [3.05, 3.63) is 0 Å². The third-order valence-electron chi connectivity index (χ3n) is 2.87. The van der Waals surface area contributed by atoms with Gasteiger partial charge in [-0.1, -0.05) is 0 Å². The molecule has 0 saturated heterocycles. The Bertz CT molecular complexity index is 201. The molecule has 0 fully saturated rings. The molecule has 0 amide bonds. The smallest absolute Gasteiger partial charge is 0.311 e. The highest BCUT2D eigenvalue weighted by molar-refractivity contribution is 5.95. The zero-order chi connectivity index (χ0) is 11.2. The van der Waals surface area contributed by atoms with Crippen molar-refractivity contribution in [2.75, 3.05) is 26.2 Å². The first-order valence-electron chi connectivity index (χ1n) is 5.08. The van der Waals surface area contributed by atoms with Gasteiger partial charge in [0, 0.05) is 0 Å². The number of ketones is 1. The van der Waals surface area contributed by atoms with Gasteiger partial charge in [-0.05, 0) is 20.8 Å². The van der Waals surface area contributed by atoms with Gasteiger partial charge in [0.25, 0.3) is 0 Å². The lowest BCUT2D eigenvalue weighted by Crippen LogP contribution is -2.50. The van der Waals surface area contributed by atoms with E-state index in [4.69, 9.17) is 5.11 Å².